The maximum Gasteiger partial charge on any atom is 0.229 e. The van der Waals surface area contributed by atoms with Gasteiger partial charge in [-0.3, -0.25) is 0 Å². The Hall–Kier alpha value is -2.60. The van der Waals surface area contributed by atoms with Gasteiger partial charge in [-0.1, -0.05) is 28.1 Å². The molecule has 0 aliphatic carbocycles. The molecule has 0 atom stereocenters. The van der Waals surface area contributed by atoms with Crippen molar-refractivity contribution in [2.75, 3.05) is 17.7 Å². The van der Waals surface area contributed by atoms with Crippen LogP contribution >= 0.6 is 15.9 Å². The lowest BCUT2D eigenvalue weighted by molar-refractivity contribution is 0.416. The number of aromatic nitrogens is 2. The lowest BCUT2D eigenvalue weighted by atomic mass is 10.2. The van der Waals surface area contributed by atoms with E-state index in [1.165, 1.54) is 0 Å². The zero-order valence-corrected chi connectivity index (χ0v) is 15.9. The first kappa shape index (κ1) is 17.2. The van der Waals surface area contributed by atoms with Crippen molar-refractivity contribution in [3.8, 4) is 5.75 Å². The summed E-state index contributed by atoms with van der Waals surface area (Å²) in [7, 11) is 1.65. The third-order valence-corrected chi connectivity index (χ3v) is 4.05. The molecule has 25 heavy (non-hydrogen) atoms. The third-order valence-electron chi connectivity index (χ3n) is 3.55. The molecule has 0 spiro atoms. The highest BCUT2D eigenvalue weighted by atomic mass is 79.9. The molecule has 0 amide bonds. The van der Waals surface area contributed by atoms with Gasteiger partial charge in [0.25, 0.3) is 0 Å². The van der Waals surface area contributed by atoms with Gasteiger partial charge in [0.05, 0.1) is 12.8 Å². The van der Waals surface area contributed by atoms with Gasteiger partial charge in [-0.2, -0.15) is 4.98 Å². The molecule has 3 rings (SSSR count). The van der Waals surface area contributed by atoms with Crippen molar-refractivity contribution in [1.29, 1.82) is 0 Å². The van der Waals surface area contributed by atoms with Crippen LogP contribution in [0.3, 0.4) is 0 Å². The predicted octanol–water partition coefficient (Wildman–Crippen LogP) is 5.35. The number of ether oxygens (including phenoxy) is 1. The highest BCUT2D eigenvalue weighted by molar-refractivity contribution is 9.10. The Bertz CT molecular complexity index is 898. The molecule has 0 aliphatic heterocycles. The summed E-state index contributed by atoms with van der Waals surface area (Å²) in [6.45, 7) is 3.97. The number of nitrogens with one attached hydrogen (secondary N) is 2. The molecule has 0 fully saturated rings. The molecular weight excluding hydrogens is 380 g/mol. The van der Waals surface area contributed by atoms with E-state index in [-0.39, 0.29) is 0 Å². The van der Waals surface area contributed by atoms with E-state index in [9.17, 15) is 0 Å². The maximum atomic E-state index is 5.42. The normalized spacial score (nSPS) is 10.4. The second kappa shape index (κ2) is 7.53. The minimum absolute atomic E-state index is 0.534. The fraction of sp³-hybridized carbons (Fsp3) is 0.158. The van der Waals surface area contributed by atoms with Crippen LogP contribution in [-0.2, 0) is 0 Å². The number of methoxy groups -OCH3 is 1. The van der Waals surface area contributed by atoms with E-state index in [2.05, 4.69) is 36.5 Å². The predicted molar refractivity (Wildman–Crippen MR) is 105 cm³/mol. The second-order valence-corrected chi connectivity index (χ2v) is 6.60. The van der Waals surface area contributed by atoms with Crippen molar-refractivity contribution in [1.82, 2.24) is 9.97 Å². The van der Waals surface area contributed by atoms with Crippen LogP contribution in [0.1, 0.15) is 11.3 Å². The summed E-state index contributed by atoms with van der Waals surface area (Å²) < 4.78 is 6.41. The van der Waals surface area contributed by atoms with Crippen LogP contribution < -0.4 is 15.4 Å². The highest BCUT2D eigenvalue weighted by Crippen LogP contribution is 2.28. The minimum Gasteiger partial charge on any atom is -0.495 e. The van der Waals surface area contributed by atoms with Gasteiger partial charge < -0.3 is 15.4 Å². The molecule has 128 valence electrons. The molecule has 2 N–H and O–H groups in total. The average Bonchev–Trinajstić information content (AvgIpc) is 2.54. The van der Waals surface area contributed by atoms with E-state index in [1.54, 1.807) is 7.11 Å². The molecule has 3 aromatic rings. The fourth-order valence-electron chi connectivity index (χ4n) is 2.44. The number of nitrogens with zero attached hydrogens (tertiary/aromatic N) is 2. The first-order valence-corrected chi connectivity index (χ1v) is 8.63. The van der Waals surface area contributed by atoms with E-state index < -0.39 is 0 Å². The van der Waals surface area contributed by atoms with Crippen molar-refractivity contribution in [3.05, 3.63) is 64.3 Å². The minimum atomic E-state index is 0.534. The third kappa shape index (κ3) is 4.48. The molecule has 0 aliphatic rings. The van der Waals surface area contributed by atoms with E-state index >= 15 is 0 Å². The topological polar surface area (TPSA) is 59.1 Å². The molecule has 0 bridgehead atoms. The van der Waals surface area contributed by atoms with Crippen molar-refractivity contribution in [3.63, 3.8) is 0 Å². The van der Waals surface area contributed by atoms with Crippen molar-refractivity contribution in [2.24, 2.45) is 0 Å². The van der Waals surface area contributed by atoms with E-state index in [4.69, 9.17) is 4.74 Å². The molecule has 0 unspecified atom stereocenters. The summed E-state index contributed by atoms with van der Waals surface area (Å²) in [6.07, 6.45) is 0. The van der Waals surface area contributed by atoms with Crippen LogP contribution in [-0.4, -0.2) is 17.1 Å². The Morgan fingerprint density at radius 3 is 2.56 bits per heavy atom. The summed E-state index contributed by atoms with van der Waals surface area (Å²) in [6, 6.07) is 15.7. The van der Waals surface area contributed by atoms with Gasteiger partial charge in [-0.25, -0.2) is 4.98 Å². The van der Waals surface area contributed by atoms with Crippen LogP contribution in [0.25, 0.3) is 0 Å². The smallest absolute Gasteiger partial charge is 0.229 e. The average molecular weight is 399 g/mol. The molecule has 1 aromatic heterocycles. The van der Waals surface area contributed by atoms with E-state index in [0.29, 0.717) is 11.8 Å². The molecular formula is C19H19BrN4O. The van der Waals surface area contributed by atoms with E-state index in [0.717, 1.165) is 32.9 Å². The molecule has 6 heteroatoms. The fourth-order valence-corrected chi connectivity index (χ4v) is 2.84. The second-order valence-electron chi connectivity index (χ2n) is 5.68. The first-order valence-electron chi connectivity index (χ1n) is 7.83. The van der Waals surface area contributed by atoms with Gasteiger partial charge in [0.2, 0.25) is 5.95 Å². The summed E-state index contributed by atoms with van der Waals surface area (Å²) in [5.74, 6) is 2.00. The van der Waals surface area contributed by atoms with Gasteiger partial charge >= 0.3 is 0 Å². The standard InChI is InChI=1S/C19H19BrN4O/c1-12-7-8-17(25-3)16(9-12)23-18-10-13(2)21-19(24-18)22-15-6-4-5-14(20)11-15/h4-11H,1-3H3,(H2,21,22,23,24). The van der Waals surface area contributed by atoms with Gasteiger partial charge in [0.15, 0.2) is 0 Å². The molecule has 2 aromatic carbocycles. The molecule has 0 radical (unpaired) electrons. The van der Waals surface area contributed by atoms with Gasteiger partial charge in [-0.05, 0) is 49.7 Å². The van der Waals surface area contributed by atoms with Crippen LogP contribution in [0.15, 0.2) is 53.0 Å². The van der Waals surface area contributed by atoms with Gasteiger partial charge in [0, 0.05) is 21.9 Å². The van der Waals surface area contributed by atoms with Crippen LogP contribution in [0.4, 0.5) is 23.1 Å². The van der Waals surface area contributed by atoms with Crippen molar-refractivity contribution < 1.29 is 4.74 Å². The van der Waals surface area contributed by atoms with Crippen LogP contribution in [0.5, 0.6) is 5.75 Å². The Morgan fingerprint density at radius 1 is 0.960 bits per heavy atom. The van der Waals surface area contributed by atoms with Crippen molar-refractivity contribution >= 4 is 39.1 Å². The first-order chi connectivity index (χ1) is 12.0. The Kier molecular flexibility index (Phi) is 5.19. The molecule has 5 nitrogen and oxygen atoms in total. The van der Waals surface area contributed by atoms with Crippen LogP contribution in [0, 0.1) is 13.8 Å². The molecule has 0 saturated heterocycles. The lowest BCUT2D eigenvalue weighted by Crippen LogP contribution is -2.03. The molecule has 1 heterocycles. The number of anilines is 4. The number of hydrogen-bond donors (Lipinski definition) is 2. The Balaban J connectivity index is 1.88. The highest BCUT2D eigenvalue weighted by Gasteiger charge is 2.07. The Labute approximate surface area is 155 Å². The van der Waals surface area contributed by atoms with Crippen molar-refractivity contribution in [2.45, 2.75) is 13.8 Å². The SMILES string of the molecule is COc1ccc(C)cc1Nc1cc(C)nc(Nc2cccc(Br)c2)n1. The Morgan fingerprint density at radius 2 is 1.80 bits per heavy atom. The zero-order valence-electron chi connectivity index (χ0n) is 14.3. The summed E-state index contributed by atoms with van der Waals surface area (Å²) in [5, 5.41) is 6.55. The van der Waals surface area contributed by atoms with Gasteiger partial charge in [-0.15, -0.1) is 0 Å². The number of benzene rings is 2. The van der Waals surface area contributed by atoms with Gasteiger partial charge in [0.1, 0.15) is 11.6 Å². The number of rotatable bonds is 5. The summed E-state index contributed by atoms with van der Waals surface area (Å²) in [4.78, 5) is 9.01. The summed E-state index contributed by atoms with van der Waals surface area (Å²) >= 11 is 3.46. The monoisotopic (exact) mass is 398 g/mol. The number of halogens is 1. The lowest BCUT2D eigenvalue weighted by Gasteiger charge is -2.13. The van der Waals surface area contributed by atoms with Crippen LogP contribution in [0.2, 0.25) is 0 Å². The quantitative estimate of drug-likeness (QED) is 0.606. The maximum absolute atomic E-state index is 5.42. The molecule has 0 saturated carbocycles. The number of aryl methyl sites for hydroxylation is 2. The largest absolute Gasteiger partial charge is 0.495 e. The zero-order chi connectivity index (χ0) is 17.8. The summed E-state index contributed by atoms with van der Waals surface area (Å²) in [5.41, 5.74) is 3.79. The van der Waals surface area contributed by atoms with E-state index in [1.807, 2.05) is 62.4 Å². The number of hydrogen-bond acceptors (Lipinski definition) is 5.